The van der Waals surface area contributed by atoms with Crippen LogP contribution in [0.25, 0.3) is 0 Å². The van der Waals surface area contributed by atoms with E-state index in [1.165, 1.54) is 19.2 Å². The Hall–Kier alpha value is -4.28. The number of hydrogen-bond donors (Lipinski definition) is 1. The Morgan fingerprint density at radius 1 is 1.03 bits per heavy atom. The number of carbonyl (C=O) groups excluding carboxylic acids is 2. The van der Waals surface area contributed by atoms with Gasteiger partial charge in [0.25, 0.3) is 0 Å². The molecule has 0 saturated heterocycles. The molecular weight excluding hydrogens is 504 g/mol. The van der Waals surface area contributed by atoms with Crippen molar-refractivity contribution in [1.82, 2.24) is 0 Å². The van der Waals surface area contributed by atoms with Crippen LogP contribution >= 0.6 is 15.9 Å². The van der Waals surface area contributed by atoms with Gasteiger partial charge in [-0.25, -0.2) is 9.59 Å². The summed E-state index contributed by atoms with van der Waals surface area (Å²) < 4.78 is 15.8. The van der Waals surface area contributed by atoms with Crippen LogP contribution in [0.3, 0.4) is 0 Å². The number of nitrogens with two attached hydrogens (primary N) is 1. The summed E-state index contributed by atoms with van der Waals surface area (Å²) in [6, 6.07) is 15.7. The summed E-state index contributed by atoms with van der Waals surface area (Å²) in [5.74, 6) is -2.60. The molecule has 9 nitrogen and oxygen atoms in total. The fraction of sp³-hybridized carbons (Fsp3) is 0.167. The Bertz CT molecular complexity index is 1310. The number of nitrogens with zero attached hydrogens (tertiary/aromatic N) is 3. The van der Waals surface area contributed by atoms with Gasteiger partial charge in [0.15, 0.2) is 0 Å². The van der Waals surface area contributed by atoms with Gasteiger partial charge in [0.05, 0.1) is 60.2 Å². The Kier molecular flexibility index (Phi) is 7.24. The van der Waals surface area contributed by atoms with Crippen LogP contribution in [-0.4, -0.2) is 33.3 Å². The molecule has 10 heteroatoms. The van der Waals surface area contributed by atoms with E-state index >= 15 is 0 Å². The van der Waals surface area contributed by atoms with E-state index in [0.717, 1.165) is 19.1 Å². The molecule has 2 aromatic rings. The van der Waals surface area contributed by atoms with Crippen molar-refractivity contribution in [3.8, 4) is 17.9 Å². The van der Waals surface area contributed by atoms with Crippen LogP contribution in [0.15, 0.2) is 69.6 Å². The van der Waals surface area contributed by atoms with Gasteiger partial charge in [-0.05, 0) is 27.6 Å². The van der Waals surface area contributed by atoms with Crippen LogP contribution in [0.2, 0.25) is 0 Å². The van der Waals surface area contributed by atoms with Crippen molar-refractivity contribution in [2.24, 2.45) is 5.73 Å². The summed E-state index contributed by atoms with van der Waals surface area (Å²) in [5, 5.41) is 19.9. The first-order valence-electron chi connectivity index (χ1n) is 9.77. The lowest BCUT2D eigenvalue weighted by Crippen LogP contribution is -2.41. The zero-order valence-electron chi connectivity index (χ0n) is 18.5. The SMILES string of the molecule is COC(=O)C1=C(C(=O)OC)N(c2cc(OC)c(Br)cc2C#N)C(N)=C(C#N)C1c1ccccc1. The normalized spacial score (nSPS) is 15.4. The molecule has 1 unspecified atom stereocenters. The molecule has 34 heavy (non-hydrogen) atoms. The summed E-state index contributed by atoms with van der Waals surface area (Å²) >= 11 is 3.32. The molecule has 3 rings (SSSR count). The Labute approximate surface area is 204 Å². The highest BCUT2D eigenvalue weighted by atomic mass is 79.9. The Morgan fingerprint density at radius 2 is 1.68 bits per heavy atom. The minimum atomic E-state index is -1.01. The van der Waals surface area contributed by atoms with Crippen LogP contribution < -0.4 is 15.4 Å². The molecular formula is C24H19BrN4O5. The van der Waals surface area contributed by atoms with Crippen molar-refractivity contribution < 1.29 is 23.8 Å². The van der Waals surface area contributed by atoms with Crippen molar-refractivity contribution in [2.75, 3.05) is 26.2 Å². The molecule has 2 aromatic carbocycles. The van der Waals surface area contributed by atoms with E-state index < -0.39 is 17.9 Å². The molecule has 0 spiro atoms. The molecule has 0 saturated carbocycles. The predicted molar refractivity (Wildman–Crippen MR) is 125 cm³/mol. The number of methoxy groups -OCH3 is 3. The summed E-state index contributed by atoms with van der Waals surface area (Å²) in [5.41, 5.74) is 6.76. The lowest BCUT2D eigenvalue weighted by Gasteiger charge is -2.36. The topological polar surface area (TPSA) is 139 Å². The fourth-order valence-electron chi connectivity index (χ4n) is 3.74. The van der Waals surface area contributed by atoms with Gasteiger partial charge in [0, 0.05) is 6.07 Å². The second-order valence-electron chi connectivity index (χ2n) is 6.95. The number of anilines is 1. The molecule has 1 aliphatic rings. The highest BCUT2D eigenvalue weighted by molar-refractivity contribution is 9.10. The van der Waals surface area contributed by atoms with Gasteiger partial charge >= 0.3 is 11.9 Å². The van der Waals surface area contributed by atoms with E-state index in [4.69, 9.17) is 19.9 Å². The summed E-state index contributed by atoms with van der Waals surface area (Å²) in [6.45, 7) is 0. The van der Waals surface area contributed by atoms with E-state index in [0.29, 0.717) is 15.8 Å². The zero-order chi connectivity index (χ0) is 25.0. The van der Waals surface area contributed by atoms with E-state index in [9.17, 15) is 20.1 Å². The van der Waals surface area contributed by atoms with E-state index in [-0.39, 0.29) is 33.9 Å². The number of esters is 2. The van der Waals surface area contributed by atoms with Crippen molar-refractivity contribution in [3.05, 3.63) is 80.7 Å². The first kappa shape index (κ1) is 24.4. The van der Waals surface area contributed by atoms with Crippen LogP contribution in [-0.2, 0) is 19.1 Å². The minimum Gasteiger partial charge on any atom is -0.495 e. The maximum atomic E-state index is 13.1. The number of benzene rings is 2. The van der Waals surface area contributed by atoms with Crippen molar-refractivity contribution in [3.63, 3.8) is 0 Å². The molecule has 0 aromatic heterocycles. The van der Waals surface area contributed by atoms with Gasteiger partial charge in [0.1, 0.15) is 23.3 Å². The van der Waals surface area contributed by atoms with E-state index in [2.05, 4.69) is 22.0 Å². The van der Waals surface area contributed by atoms with Crippen molar-refractivity contribution in [2.45, 2.75) is 5.92 Å². The van der Waals surface area contributed by atoms with Crippen LogP contribution in [0, 0.1) is 22.7 Å². The second kappa shape index (κ2) is 10.1. The zero-order valence-corrected chi connectivity index (χ0v) is 20.0. The summed E-state index contributed by atoms with van der Waals surface area (Å²) in [7, 11) is 3.73. The molecule has 1 aliphatic heterocycles. The third-order valence-corrected chi connectivity index (χ3v) is 5.86. The molecule has 0 aliphatic carbocycles. The molecule has 172 valence electrons. The highest BCUT2D eigenvalue weighted by Gasteiger charge is 2.43. The molecule has 1 heterocycles. The van der Waals surface area contributed by atoms with Gasteiger partial charge in [0.2, 0.25) is 0 Å². The van der Waals surface area contributed by atoms with Gasteiger partial charge in [-0.15, -0.1) is 0 Å². The summed E-state index contributed by atoms with van der Waals surface area (Å²) in [4.78, 5) is 27.3. The van der Waals surface area contributed by atoms with Gasteiger partial charge in [-0.1, -0.05) is 30.3 Å². The molecule has 0 radical (unpaired) electrons. The number of allylic oxidation sites excluding steroid dienone is 1. The van der Waals surface area contributed by atoms with Crippen LogP contribution in [0.1, 0.15) is 17.0 Å². The lowest BCUT2D eigenvalue weighted by molar-refractivity contribution is -0.139. The van der Waals surface area contributed by atoms with Gasteiger partial charge in [-0.2, -0.15) is 10.5 Å². The summed E-state index contributed by atoms with van der Waals surface area (Å²) in [6.07, 6.45) is 0. The molecule has 2 N–H and O–H groups in total. The highest BCUT2D eigenvalue weighted by Crippen LogP contribution is 2.45. The number of nitriles is 2. The number of hydrogen-bond acceptors (Lipinski definition) is 9. The third-order valence-electron chi connectivity index (χ3n) is 5.24. The second-order valence-corrected chi connectivity index (χ2v) is 7.81. The Balaban J connectivity index is 2.49. The Morgan fingerprint density at radius 3 is 2.21 bits per heavy atom. The van der Waals surface area contributed by atoms with E-state index in [1.54, 1.807) is 30.3 Å². The smallest absolute Gasteiger partial charge is 0.355 e. The average molecular weight is 523 g/mol. The largest absolute Gasteiger partial charge is 0.495 e. The number of halogens is 1. The number of rotatable bonds is 5. The fourth-order valence-corrected chi connectivity index (χ4v) is 4.24. The minimum absolute atomic E-state index is 0.00923. The quantitative estimate of drug-likeness (QED) is 0.586. The van der Waals surface area contributed by atoms with E-state index in [1.807, 2.05) is 6.07 Å². The molecule has 0 fully saturated rings. The molecule has 1 atom stereocenters. The van der Waals surface area contributed by atoms with Crippen molar-refractivity contribution >= 4 is 33.6 Å². The monoisotopic (exact) mass is 522 g/mol. The maximum Gasteiger partial charge on any atom is 0.355 e. The lowest BCUT2D eigenvalue weighted by atomic mass is 9.80. The van der Waals surface area contributed by atoms with Crippen LogP contribution in [0.5, 0.6) is 5.75 Å². The molecule has 0 amide bonds. The first-order valence-corrected chi connectivity index (χ1v) is 10.6. The standard InChI is InChI=1S/C24H19BrN4O5/c1-32-18-10-17(14(11-26)9-16(18)25)29-21(24(31)34-3)20(23(30)33-2)19(15(12-27)22(29)28)13-7-5-4-6-8-13/h4-10,19H,28H2,1-3H3. The van der Waals surface area contributed by atoms with Crippen LogP contribution in [0.4, 0.5) is 5.69 Å². The van der Waals surface area contributed by atoms with Gasteiger partial charge in [-0.3, -0.25) is 4.90 Å². The number of carbonyl (C=O) groups is 2. The predicted octanol–water partition coefficient (Wildman–Crippen LogP) is 3.23. The number of ether oxygens (including phenoxy) is 3. The molecule has 0 bridgehead atoms. The van der Waals surface area contributed by atoms with Crippen molar-refractivity contribution in [1.29, 1.82) is 10.5 Å². The maximum absolute atomic E-state index is 13.1. The third kappa shape index (κ3) is 4.07. The first-order chi connectivity index (χ1) is 16.3. The average Bonchev–Trinajstić information content (AvgIpc) is 2.87. The van der Waals surface area contributed by atoms with Gasteiger partial charge < -0.3 is 19.9 Å².